The second kappa shape index (κ2) is 14.8. The van der Waals surface area contributed by atoms with Crippen molar-refractivity contribution in [3.63, 3.8) is 0 Å². The summed E-state index contributed by atoms with van der Waals surface area (Å²) in [5.74, 6) is 4.83. The predicted molar refractivity (Wildman–Crippen MR) is 279 cm³/mol. The normalized spacial score (nSPS) is 13.2. The number of para-hydroxylation sites is 3. The maximum atomic E-state index is 6.83. The van der Waals surface area contributed by atoms with Crippen LogP contribution >= 0.6 is 0 Å². The van der Waals surface area contributed by atoms with E-state index in [1.54, 1.807) is 0 Å². The molecule has 0 saturated heterocycles. The van der Waals surface area contributed by atoms with Crippen molar-refractivity contribution in [3.8, 4) is 96.2 Å². The van der Waals surface area contributed by atoms with E-state index >= 15 is 0 Å². The zero-order chi connectivity index (χ0) is 45.9. The molecule has 0 atom stereocenters. The van der Waals surface area contributed by atoms with E-state index in [1.165, 1.54) is 44.2 Å². The quantitative estimate of drug-likeness (QED) is 0.172. The Balaban J connectivity index is 0.868. The van der Waals surface area contributed by atoms with Crippen LogP contribution in [-0.4, -0.2) is 19.5 Å². The largest absolute Gasteiger partial charge is 0.449 e. The Morgan fingerprint density at radius 1 is 0.329 bits per heavy atom. The maximum absolute atomic E-state index is 6.83. The molecule has 10 aromatic carbocycles. The van der Waals surface area contributed by atoms with Crippen LogP contribution in [0.25, 0.3) is 95.0 Å². The Labute approximate surface area is 403 Å². The fourth-order valence-electron chi connectivity index (χ4n) is 11.5. The van der Waals surface area contributed by atoms with Gasteiger partial charge >= 0.3 is 0 Å². The number of ether oxygens (including phenoxy) is 2. The molecule has 0 bridgehead atoms. The molecule has 1 aliphatic heterocycles. The Kier molecular flexibility index (Phi) is 8.18. The zero-order valence-corrected chi connectivity index (χ0v) is 37.5. The van der Waals surface area contributed by atoms with Gasteiger partial charge in [-0.05, 0) is 117 Å². The van der Waals surface area contributed by atoms with Gasteiger partial charge in [-0.1, -0.05) is 164 Å². The predicted octanol–water partition coefficient (Wildman–Crippen LogP) is 15.9. The molecule has 0 amide bonds. The lowest BCUT2D eigenvalue weighted by molar-refractivity contribution is 0.360. The second-order valence-corrected chi connectivity index (χ2v) is 18.2. The van der Waals surface area contributed by atoms with Crippen molar-refractivity contribution in [1.29, 1.82) is 0 Å². The molecule has 2 aliphatic carbocycles. The van der Waals surface area contributed by atoms with Crippen LogP contribution in [0.3, 0.4) is 0 Å². The first kappa shape index (κ1) is 38.7. The molecule has 3 heterocycles. The lowest BCUT2D eigenvalue weighted by Gasteiger charge is -2.31. The Hall–Kier alpha value is -9.39. The van der Waals surface area contributed by atoms with E-state index < -0.39 is 5.41 Å². The van der Waals surface area contributed by atoms with E-state index in [0.29, 0.717) is 17.5 Å². The maximum Gasteiger partial charge on any atom is 0.178 e. The van der Waals surface area contributed by atoms with Crippen LogP contribution in [0.15, 0.2) is 231 Å². The Morgan fingerprint density at radius 3 is 1.54 bits per heavy atom. The first-order chi connectivity index (χ1) is 34.7. The van der Waals surface area contributed by atoms with Crippen LogP contribution in [0.1, 0.15) is 22.3 Å². The van der Waals surface area contributed by atoms with Gasteiger partial charge in [0.15, 0.2) is 40.5 Å². The van der Waals surface area contributed by atoms with Crippen LogP contribution < -0.4 is 9.47 Å². The average Bonchev–Trinajstić information content (AvgIpc) is 4.05. The summed E-state index contributed by atoms with van der Waals surface area (Å²) in [5, 5.41) is 2.37. The smallest absolute Gasteiger partial charge is 0.178 e. The standard InChI is InChI=1S/C64H38N4O2/c1-3-15-39(16-4-1)61-65-62(40-17-5-2-6-18-40)67-63(66-61)41-27-31-44(32-28-41)68-54-24-12-9-21-47(54)49-37-42(30-35-55(49)68)43-29-33-48-53(38-43)64(50-22-10-7-19-45(50)46-20-8-11-23-51(46)64)52-34-36-58-60(59(48)52)70-57-26-14-13-25-56(57)69-58/h1-38H. The van der Waals surface area contributed by atoms with Crippen molar-refractivity contribution < 1.29 is 9.47 Å². The number of fused-ring (bicyclic) bond motifs is 16. The molecule has 6 heteroatoms. The van der Waals surface area contributed by atoms with E-state index in [4.69, 9.17) is 24.4 Å². The Bertz CT molecular complexity index is 4020. The molecular weight excluding hydrogens is 857 g/mol. The van der Waals surface area contributed by atoms with Crippen molar-refractivity contribution in [2.24, 2.45) is 0 Å². The summed E-state index contributed by atoms with van der Waals surface area (Å²) < 4.78 is 15.7. The van der Waals surface area contributed by atoms with Crippen molar-refractivity contribution >= 4 is 21.8 Å². The number of rotatable bonds is 5. The van der Waals surface area contributed by atoms with Crippen LogP contribution in [0, 0.1) is 0 Å². The molecule has 326 valence electrons. The van der Waals surface area contributed by atoms with E-state index in [9.17, 15) is 0 Å². The molecule has 15 rings (SSSR count). The van der Waals surface area contributed by atoms with Gasteiger partial charge in [0.25, 0.3) is 0 Å². The van der Waals surface area contributed by atoms with Gasteiger partial charge < -0.3 is 14.0 Å². The lowest BCUT2D eigenvalue weighted by Crippen LogP contribution is -2.26. The van der Waals surface area contributed by atoms with Crippen LogP contribution in [-0.2, 0) is 5.41 Å². The van der Waals surface area contributed by atoms with Gasteiger partial charge in [-0.3, -0.25) is 0 Å². The van der Waals surface area contributed by atoms with E-state index in [2.05, 4.69) is 150 Å². The molecule has 0 saturated carbocycles. The van der Waals surface area contributed by atoms with Gasteiger partial charge in [-0.2, -0.15) is 0 Å². The molecule has 1 spiro atoms. The second-order valence-electron chi connectivity index (χ2n) is 18.2. The zero-order valence-electron chi connectivity index (χ0n) is 37.5. The summed E-state index contributed by atoms with van der Waals surface area (Å²) in [5.41, 5.74) is 17.6. The SMILES string of the molecule is c1ccc(-c2nc(-c3ccccc3)nc(-c3ccc(-n4c5ccccc5c5cc(-c6ccc7c(c6)C6(c8ccccc8-c8ccccc86)c6ccc8c(c6-7)Oc6ccccc6O8)ccc54)cc3)n2)cc1. The van der Waals surface area contributed by atoms with E-state index in [0.717, 1.165) is 78.7 Å². The molecule has 0 unspecified atom stereocenters. The van der Waals surface area contributed by atoms with Crippen LogP contribution in [0.5, 0.6) is 23.0 Å². The Morgan fingerprint density at radius 2 is 0.857 bits per heavy atom. The summed E-state index contributed by atoms with van der Waals surface area (Å²) in [6.45, 7) is 0. The highest BCUT2D eigenvalue weighted by Gasteiger charge is 2.53. The average molecular weight is 895 g/mol. The number of nitrogens with zero attached hydrogens (tertiary/aromatic N) is 4. The minimum absolute atomic E-state index is 0.566. The van der Waals surface area contributed by atoms with Crippen molar-refractivity contribution in [2.45, 2.75) is 5.41 Å². The molecule has 6 nitrogen and oxygen atoms in total. The topological polar surface area (TPSA) is 62.1 Å². The molecule has 70 heavy (non-hydrogen) atoms. The number of hydrogen-bond donors (Lipinski definition) is 0. The molecule has 0 radical (unpaired) electrons. The summed E-state index contributed by atoms with van der Waals surface area (Å²) in [6.07, 6.45) is 0. The summed E-state index contributed by atoms with van der Waals surface area (Å²) in [7, 11) is 0. The van der Waals surface area contributed by atoms with Crippen molar-refractivity contribution in [3.05, 3.63) is 253 Å². The molecular formula is C64H38N4O2. The van der Waals surface area contributed by atoms with Gasteiger partial charge in [0.1, 0.15) is 0 Å². The molecule has 0 fully saturated rings. The minimum Gasteiger partial charge on any atom is -0.449 e. The summed E-state index contributed by atoms with van der Waals surface area (Å²) in [4.78, 5) is 14.9. The number of hydrogen-bond acceptors (Lipinski definition) is 5. The van der Waals surface area contributed by atoms with Crippen LogP contribution in [0.4, 0.5) is 0 Å². The summed E-state index contributed by atoms with van der Waals surface area (Å²) in [6, 6.07) is 81.5. The molecule has 2 aromatic heterocycles. The molecule has 0 N–H and O–H groups in total. The number of benzene rings is 10. The fraction of sp³-hybridized carbons (Fsp3) is 0.0156. The highest BCUT2D eigenvalue weighted by Crippen LogP contribution is 2.66. The highest BCUT2D eigenvalue weighted by molar-refractivity contribution is 6.10. The van der Waals surface area contributed by atoms with Gasteiger partial charge in [-0.25, -0.2) is 15.0 Å². The first-order valence-electron chi connectivity index (χ1n) is 23.7. The lowest BCUT2D eigenvalue weighted by atomic mass is 9.70. The van der Waals surface area contributed by atoms with Crippen molar-refractivity contribution in [2.75, 3.05) is 0 Å². The fourth-order valence-corrected chi connectivity index (χ4v) is 11.5. The van der Waals surface area contributed by atoms with E-state index in [1.807, 2.05) is 84.9 Å². The molecule has 3 aliphatic rings. The highest BCUT2D eigenvalue weighted by atomic mass is 16.6. The van der Waals surface area contributed by atoms with E-state index in [-0.39, 0.29) is 0 Å². The van der Waals surface area contributed by atoms with Crippen LogP contribution in [0.2, 0.25) is 0 Å². The molecule has 12 aromatic rings. The van der Waals surface area contributed by atoms with Gasteiger partial charge in [-0.15, -0.1) is 0 Å². The number of aromatic nitrogens is 4. The summed E-state index contributed by atoms with van der Waals surface area (Å²) >= 11 is 0. The minimum atomic E-state index is -0.566. The third-order valence-electron chi connectivity index (χ3n) is 14.5. The third kappa shape index (κ3) is 5.53. The third-order valence-corrected chi connectivity index (χ3v) is 14.5. The monoisotopic (exact) mass is 894 g/mol. The first-order valence-corrected chi connectivity index (χ1v) is 23.7. The van der Waals surface area contributed by atoms with Gasteiger partial charge in [0.05, 0.1) is 16.4 Å². The van der Waals surface area contributed by atoms with Gasteiger partial charge in [0, 0.05) is 38.7 Å². The van der Waals surface area contributed by atoms with Crippen molar-refractivity contribution in [1.82, 2.24) is 19.5 Å². The van der Waals surface area contributed by atoms with Gasteiger partial charge in [0.2, 0.25) is 0 Å².